The van der Waals surface area contributed by atoms with E-state index in [9.17, 15) is 14.7 Å². The lowest BCUT2D eigenvalue weighted by molar-refractivity contribution is -0.169. The number of carbonyl (C=O) groups is 2. The zero-order valence-electron chi connectivity index (χ0n) is 20.6. The summed E-state index contributed by atoms with van der Waals surface area (Å²) in [4.78, 5) is 26.6. The molecule has 0 saturated heterocycles. The fourth-order valence-electron chi connectivity index (χ4n) is 8.62. The summed E-state index contributed by atoms with van der Waals surface area (Å²) in [5, 5.41) is 21.8. The number of rotatable bonds is 7. The summed E-state index contributed by atoms with van der Waals surface area (Å²) in [6.07, 6.45) is 12.3. The van der Waals surface area contributed by atoms with Gasteiger partial charge in [0.2, 0.25) is 0 Å². The number of anilines is 1. The topological polar surface area (TPSA) is 106 Å². The van der Waals surface area contributed by atoms with E-state index in [1.54, 1.807) is 16.9 Å². The Morgan fingerprint density at radius 2 is 1.75 bits per heavy atom. The zero-order chi connectivity index (χ0) is 24.4. The van der Waals surface area contributed by atoms with Crippen LogP contribution in [0, 0.1) is 29.6 Å². The van der Waals surface area contributed by atoms with Crippen LogP contribution in [0.2, 0.25) is 0 Å². The number of ether oxygens (including phenoxy) is 1. The third-order valence-corrected chi connectivity index (χ3v) is 9.78. The van der Waals surface area contributed by atoms with Crippen molar-refractivity contribution in [3.63, 3.8) is 0 Å². The average Bonchev–Trinajstić information content (AvgIpc) is 3.58. The number of hydrogen-bond donors (Lipinski definition) is 2. The van der Waals surface area contributed by atoms with E-state index in [1.165, 1.54) is 50.7 Å². The Labute approximate surface area is 210 Å². The van der Waals surface area contributed by atoms with Gasteiger partial charge in [0.05, 0.1) is 23.8 Å². The van der Waals surface area contributed by atoms with Gasteiger partial charge in [-0.1, -0.05) is 12.5 Å². The van der Waals surface area contributed by atoms with E-state index in [1.807, 2.05) is 0 Å². The fraction of sp³-hybridized carbons (Fsp3) is 0.643. The van der Waals surface area contributed by atoms with Crippen LogP contribution in [0.4, 0.5) is 5.69 Å². The molecular formula is C28H34N4O4. The minimum absolute atomic E-state index is 0.0749. The first-order valence-electron chi connectivity index (χ1n) is 13.7. The molecule has 1 heterocycles. The molecule has 190 valence electrons. The Morgan fingerprint density at radius 1 is 1.00 bits per heavy atom. The highest BCUT2D eigenvalue weighted by Gasteiger charge is 2.52. The second-order valence-electron chi connectivity index (χ2n) is 12.3. The highest BCUT2D eigenvalue weighted by atomic mass is 16.5. The van der Waals surface area contributed by atoms with E-state index in [0.717, 1.165) is 49.4 Å². The second-order valence-corrected chi connectivity index (χ2v) is 12.3. The molecule has 6 aliphatic rings. The zero-order valence-corrected chi connectivity index (χ0v) is 20.6. The molecule has 2 N–H and O–H groups in total. The Hall–Kier alpha value is -2.74. The molecule has 8 heteroatoms. The molecule has 8 rings (SSSR count). The Morgan fingerprint density at radius 3 is 2.39 bits per heavy atom. The quantitative estimate of drug-likeness (QED) is 0.561. The maximum atomic E-state index is 13.4. The molecule has 3 unspecified atom stereocenters. The lowest BCUT2D eigenvalue weighted by Crippen LogP contribution is -2.51. The number of fused-ring (bicyclic) bond motifs is 2. The van der Waals surface area contributed by atoms with E-state index in [-0.39, 0.29) is 23.1 Å². The standard InChI is InChI=1S/C28H34N4O4/c33-26(29-22-3-1-2-21(11-22)27(34)35)25-23(30-32(31-25)24-10-16-4-5-20(24)9-16)15-36-28-12-17-6-18(13-28)8-19(7-17)14-28/h1-3,11,16-20,24H,4-10,12-15H2,(H,29,33)(H,34,35). The monoisotopic (exact) mass is 490 g/mol. The average molecular weight is 491 g/mol. The van der Waals surface area contributed by atoms with Crippen LogP contribution in [-0.4, -0.2) is 37.6 Å². The number of aromatic nitrogens is 3. The molecule has 8 nitrogen and oxygen atoms in total. The van der Waals surface area contributed by atoms with Crippen molar-refractivity contribution in [2.75, 3.05) is 5.32 Å². The van der Waals surface area contributed by atoms with Crippen molar-refractivity contribution in [3.05, 3.63) is 41.2 Å². The van der Waals surface area contributed by atoms with Crippen molar-refractivity contribution in [3.8, 4) is 0 Å². The maximum Gasteiger partial charge on any atom is 0.335 e. The Kier molecular flexibility index (Phi) is 5.24. The van der Waals surface area contributed by atoms with Crippen molar-refractivity contribution < 1.29 is 19.4 Å². The number of carboxylic acids is 1. The van der Waals surface area contributed by atoms with Gasteiger partial charge in [0, 0.05) is 5.69 Å². The largest absolute Gasteiger partial charge is 0.478 e. The van der Waals surface area contributed by atoms with Gasteiger partial charge in [0.1, 0.15) is 5.69 Å². The van der Waals surface area contributed by atoms with Crippen molar-refractivity contribution in [1.29, 1.82) is 0 Å². The number of amides is 1. The minimum Gasteiger partial charge on any atom is -0.478 e. The fourth-order valence-corrected chi connectivity index (χ4v) is 8.62. The van der Waals surface area contributed by atoms with Crippen molar-refractivity contribution in [1.82, 2.24) is 15.0 Å². The molecule has 0 aliphatic heterocycles. The molecule has 1 aromatic carbocycles. The molecule has 6 aliphatic carbocycles. The highest BCUT2D eigenvalue weighted by molar-refractivity contribution is 6.04. The molecule has 0 spiro atoms. The Balaban J connectivity index is 1.15. The van der Waals surface area contributed by atoms with E-state index >= 15 is 0 Å². The second kappa shape index (κ2) is 8.40. The van der Waals surface area contributed by atoms with Crippen LogP contribution in [0.1, 0.15) is 96.8 Å². The lowest BCUT2D eigenvalue weighted by Gasteiger charge is -2.56. The third kappa shape index (κ3) is 3.94. The summed E-state index contributed by atoms with van der Waals surface area (Å²) in [6.45, 7) is 0.297. The number of carbonyl (C=O) groups excluding carboxylic acids is 1. The number of aromatic carboxylic acids is 1. The van der Waals surface area contributed by atoms with E-state index in [0.29, 0.717) is 29.6 Å². The van der Waals surface area contributed by atoms with Gasteiger partial charge in [0.25, 0.3) is 5.91 Å². The van der Waals surface area contributed by atoms with Crippen LogP contribution in [-0.2, 0) is 11.3 Å². The van der Waals surface area contributed by atoms with Gasteiger partial charge in [-0.15, -0.1) is 5.10 Å². The van der Waals surface area contributed by atoms with Gasteiger partial charge < -0.3 is 15.2 Å². The van der Waals surface area contributed by atoms with Gasteiger partial charge in [0.15, 0.2) is 5.69 Å². The van der Waals surface area contributed by atoms with Crippen molar-refractivity contribution >= 4 is 17.6 Å². The van der Waals surface area contributed by atoms with Gasteiger partial charge in [-0.25, -0.2) is 4.79 Å². The predicted molar refractivity (Wildman–Crippen MR) is 132 cm³/mol. The summed E-state index contributed by atoms with van der Waals surface area (Å²) >= 11 is 0. The van der Waals surface area contributed by atoms with Crippen LogP contribution in [0.25, 0.3) is 0 Å². The Bertz CT molecular complexity index is 1170. The normalized spacial score (nSPS) is 35.9. The van der Waals surface area contributed by atoms with Crippen LogP contribution in [0.5, 0.6) is 0 Å². The number of benzene rings is 1. The van der Waals surface area contributed by atoms with Crippen molar-refractivity contribution in [2.45, 2.75) is 82.5 Å². The SMILES string of the molecule is O=C(O)c1cccc(NC(=O)c2nn(C3CC4CCC3C4)nc2COC23CC4CC(CC(C4)C2)C3)c1. The van der Waals surface area contributed by atoms with Gasteiger partial charge in [-0.05, 0) is 106 Å². The molecule has 1 aromatic heterocycles. The summed E-state index contributed by atoms with van der Waals surface area (Å²) in [5.74, 6) is 2.28. The molecule has 6 bridgehead atoms. The predicted octanol–water partition coefficient (Wildman–Crippen LogP) is 5.08. The first-order chi connectivity index (χ1) is 17.4. The number of hydrogen-bond acceptors (Lipinski definition) is 5. The number of nitrogens with zero attached hydrogens (tertiary/aromatic N) is 3. The number of nitrogens with one attached hydrogen (secondary N) is 1. The molecule has 6 fully saturated rings. The van der Waals surface area contributed by atoms with Gasteiger partial charge in [-0.2, -0.15) is 9.90 Å². The molecule has 6 saturated carbocycles. The maximum absolute atomic E-state index is 13.4. The lowest BCUT2D eigenvalue weighted by atomic mass is 9.54. The summed E-state index contributed by atoms with van der Waals surface area (Å²) in [6, 6.07) is 6.54. The highest BCUT2D eigenvalue weighted by Crippen LogP contribution is 2.57. The molecular weight excluding hydrogens is 456 g/mol. The molecule has 3 atom stereocenters. The third-order valence-electron chi connectivity index (χ3n) is 9.78. The van der Waals surface area contributed by atoms with Crippen molar-refractivity contribution in [2.24, 2.45) is 29.6 Å². The van der Waals surface area contributed by atoms with E-state index in [2.05, 4.69) is 5.32 Å². The van der Waals surface area contributed by atoms with E-state index < -0.39 is 5.97 Å². The van der Waals surface area contributed by atoms with Crippen LogP contribution in [0.15, 0.2) is 24.3 Å². The summed E-state index contributed by atoms with van der Waals surface area (Å²) < 4.78 is 6.68. The van der Waals surface area contributed by atoms with Crippen LogP contribution in [0.3, 0.4) is 0 Å². The minimum atomic E-state index is -1.03. The first kappa shape index (κ1) is 22.5. The van der Waals surface area contributed by atoms with E-state index in [4.69, 9.17) is 14.9 Å². The summed E-state index contributed by atoms with van der Waals surface area (Å²) in [5.41, 5.74) is 1.38. The van der Waals surface area contributed by atoms with Gasteiger partial charge in [-0.3, -0.25) is 4.79 Å². The molecule has 36 heavy (non-hydrogen) atoms. The smallest absolute Gasteiger partial charge is 0.335 e. The molecule has 2 aromatic rings. The van der Waals surface area contributed by atoms with Crippen LogP contribution < -0.4 is 5.32 Å². The molecule has 1 amide bonds. The van der Waals surface area contributed by atoms with Gasteiger partial charge >= 0.3 is 5.97 Å². The first-order valence-corrected chi connectivity index (χ1v) is 13.7. The molecule has 0 radical (unpaired) electrons. The summed E-state index contributed by atoms with van der Waals surface area (Å²) in [7, 11) is 0. The number of carboxylic acid groups (broad SMARTS) is 1. The van der Waals surface area contributed by atoms with Crippen LogP contribution >= 0.6 is 0 Å².